The van der Waals surface area contributed by atoms with Gasteiger partial charge in [-0.2, -0.15) is 0 Å². The minimum atomic E-state index is 0.348. The highest BCUT2D eigenvalue weighted by Crippen LogP contribution is 2.09. The third-order valence-corrected chi connectivity index (χ3v) is 4.87. The standard InChI is InChI=1S/C16H30O.C12H22O/c1-2-3-4-5-6-7-8-9-10-11-12-13-14-15-16-17;1-2-3-4-5-6-7-8-9-10-11-12-13/h3-6,17H,2,7-16H2,1H3;2-5,13H,6-12H2,1H3/b4-3+,6-5-;3-2+,5-4-. The molecule has 0 aliphatic carbocycles. The fourth-order valence-electron chi connectivity index (χ4n) is 3.01. The minimum Gasteiger partial charge on any atom is -0.396 e. The molecule has 0 aromatic rings. The normalized spacial score (nSPS) is 11.9. The Bertz CT molecular complexity index is 393. The molecule has 0 rings (SSSR count). The maximum atomic E-state index is 8.63. The summed E-state index contributed by atoms with van der Waals surface area (Å²) in [6.45, 7) is 4.89. The molecule has 0 spiro atoms. The van der Waals surface area contributed by atoms with E-state index < -0.39 is 0 Å². The summed E-state index contributed by atoms with van der Waals surface area (Å²) >= 11 is 0. The van der Waals surface area contributed by atoms with E-state index in [1.807, 2.05) is 13.0 Å². The van der Waals surface area contributed by atoms with Gasteiger partial charge in [-0.1, -0.05) is 113 Å². The fourth-order valence-corrected chi connectivity index (χ4v) is 3.01. The molecule has 0 aliphatic heterocycles. The van der Waals surface area contributed by atoms with E-state index >= 15 is 0 Å². The Kier molecular flexibility index (Phi) is 33.7. The van der Waals surface area contributed by atoms with Crippen LogP contribution in [0.1, 0.15) is 117 Å². The van der Waals surface area contributed by atoms with Crippen molar-refractivity contribution in [3.8, 4) is 0 Å². The molecular formula is C28H52O2. The van der Waals surface area contributed by atoms with Crippen molar-refractivity contribution in [3.05, 3.63) is 48.6 Å². The maximum Gasteiger partial charge on any atom is 0.0431 e. The van der Waals surface area contributed by atoms with Crippen molar-refractivity contribution >= 4 is 0 Å². The van der Waals surface area contributed by atoms with Crippen molar-refractivity contribution in [2.45, 2.75) is 117 Å². The van der Waals surface area contributed by atoms with Crippen LogP contribution in [-0.4, -0.2) is 23.4 Å². The monoisotopic (exact) mass is 420 g/mol. The lowest BCUT2D eigenvalue weighted by atomic mass is 10.1. The highest BCUT2D eigenvalue weighted by Gasteiger charge is 1.91. The van der Waals surface area contributed by atoms with Gasteiger partial charge < -0.3 is 10.2 Å². The second-order valence-electron chi connectivity index (χ2n) is 7.84. The van der Waals surface area contributed by atoms with Crippen LogP contribution in [0.3, 0.4) is 0 Å². The maximum absolute atomic E-state index is 8.63. The van der Waals surface area contributed by atoms with Gasteiger partial charge in [0, 0.05) is 13.2 Å². The van der Waals surface area contributed by atoms with E-state index in [4.69, 9.17) is 10.2 Å². The molecule has 0 saturated heterocycles. The first kappa shape index (κ1) is 31.1. The average molecular weight is 421 g/mol. The van der Waals surface area contributed by atoms with Crippen LogP contribution in [0.2, 0.25) is 0 Å². The molecule has 2 nitrogen and oxygen atoms in total. The average Bonchev–Trinajstić information content (AvgIpc) is 2.76. The van der Waals surface area contributed by atoms with Gasteiger partial charge in [-0.25, -0.2) is 0 Å². The van der Waals surface area contributed by atoms with Crippen LogP contribution in [0.4, 0.5) is 0 Å². The molecule has 2 heteroatoms. The first-order valence-corrected chi connectivity index (χ1v) is 12.6. The molecule has 0 aromatic heterocycles. The zero-order chi connectivity index (χ0) is 22.4. The largest absolute Gasteiger partial charge is 0.396 e. The van der Waals surface area contributed by atoms with Crippen molar-refractivity contribution in [2.75, 3.05) is 13.2 Å². The zero-order valence-corrected chi connectivity index (χ0v) is 20.2. The summed E-state index contributed by atoms with van der Waals surface area (Å²) in [4.78, 5) is 0. The van der Waals surface area contributed by atoms with Crippen LogP contribution in [0.15, 0.2) is 48.6 Å². The first-order valence-electron chi connectivity index (χ1n) is 12.6. The molecule has 0 radical (unpaired) electrons. The van der Waals surface area contributed by atoms with E-state index in [-0.39, 0.29) is 0 Å². The second-order valence-corrected chi connectivity index (χ2v) is 7.84. The molecule has 0 aromatic carbocycles. The Balaban J connectivity index is 0. The molecule has 0 bridgehead atoms. The van der Waals surface area contributed by atoms with E-state index in [2.05, 4.69) is 49.5 Å². The van der Waals surface area contributed by atoms with Gasteiger partial charge in [0.2, 0.25) is 0 Å². The van der Waals surface area contributed by atoms with Crippen molar-refractivity contribution in [3.63, 3.8) is 0 Å². The molecule has 0 atom stereocenters. The van der Waals surface area contributed by atoms with Gasteiger partial charge in [-0.05, 0) is 51.9 Å². The highest BCUT2D eigenvalue weighted by atomic mass is 16.3. The fraction of sp³-hybridized carbons (Fsp3) is 0.714. The van der Waals surface area contributed by atoms with Crippen molar-refractivity contribution < 1.29 is 10.2 Å². The van der Waals surface area contributed by atoms with Crippen LogP contribution in [0.25, 0.3) is 0 Å². The van der Waals surface area contributed by atoms with Crippen LogP contribution in [0.5, 0.6) is 0 Å². The summed E-state index contributed by atoms with van der Waals surface area (Å²) in [5.41, 5.74) is 0. The SMILES string of the molecule is C/C=C/C=C\CCCCCCCO.CC/C=C/C=C\CCCCCCCCCCO. The summed E-state index contributed by atoms with van der Waals surface area (Å²) in [5, 5.41) is 17.2. The van der Waals surface area contributed by atoms with Crippen molar-refractivity contribution in [1.29, 1.82) is 0 Å². The Labute approximate surface area is 188 Å². The number of aliphatic hydroxyl groups is 2. The van der Waals surface area contributed by atoms with Gasteiger partial charge in [0.15, 0.2) is 0 Å². The summed E-state index contributed by atoms with van der Waals surface area (Å²) in [5.74, 6) is 0. The molecule has 0 aliphatic rings. The van der Waals surface area contributed by atoms with Gasteiger partial charge in [0.05, 0.1) is 0 Å². The lowest BCUT2D eigenvalue weighted by Crippen LogP contribution is -1.84. The molecular weight excluding hydrogens is 368 g/mol. The number of aliphatic hydroxyl groups excluding tert-OH is 2. The predicted octanol–water partition coefficient (Wildman–Crippen LogP) is 8.46. The summed E-state index contributed by atoms with van der Waals surface area (Å²) in [6.07, 6.45) is 36.9. The number of unbranched alkanes of at least 4 members (excludes halogenated alkanes) is 13. The van der Waals surface area contributed by atoms with Crippen LogP contribution < -0.4 is 0 Å². The molecule has 0 heterocycles. The Morgan fingerprint density at radius 1 is 0.467 bits per heavy atom. The van der Waals surface area contributed by atoms with E-state index in [0.29, 0.717) is 13.2 Å². The molecule has 176 valence electrons. The van der Waals surface area contributed by atoms with Crippen LogP contribution in [0, 0.1) is 0 Å². The minimum absolute atomic E-state index is 0.348. The zero-order valence-electron chi connectivity index (χ0n) is 20.2. The molecule has 0 unspecified atom stereocenters. The third kappa shape index (κ3) is 34.4. The van der Waals surface area contributed by atoms with E-state index in [1.165, 1.54) is 83.5 Å². The molecule has 30 heavy (non-hydrogen) atoms. The lowest BCUT2D eigenvalue weighted by molar-refractivity contribution is 0.282. The molecule has 0 saturated carbocycles. The highest BCUT2D eigenvalue weighted by molar-refractivity contribution is 5.02. The van der Waals surface area contributed by atoms with E-state index in [0.717, 1.165) is 19.3 Å². The number of hydrogen-bond acceptors (Lipinski definition) is 2. The van der Waals surface area contributed by atoms with Crippen molar-refractivity contribution in [2.24, 2.45) is 0 Å². The predicted molar refractivity (Wildman–Crippen MR) is 136 cm³/mol. The summed E-state index contributed by atoms with van der Waals surface area (Å²) in [7, 11) is 0. The summed E-state index contributed by atoms with van der Waals surface area (Å²) in [6, 6.07) is 0. The van der Waals surface area contributed by atoms with E-state index in [1.54, 1.807) is 0 Å². The van der Waals surface area contributed by atoms with Gasteiger partial charge in [-0.15, -0.1) is 0 Å². The van der Waals surface area contributed by atoms with Crippen LogP contribution >= 0.6 is 0 Å². The van der Waals surface area contributed by atoms with Gasteiger partial charge in [0.1, 0.15) is 0 Å². The summed E-state index contributed by atoms with van der Waals surface area (Å²) < 4.78 is 0. The van der Waals surface area contributed by atoms with Crippen LogP contribution in [-0.2, 0) is 0 Å². The quantitative estimate of drug-likeness (QED) is 0.153. The van der Waals surface area contributed by atoms with Gasteiger partial charge in [0.25, 0.3) is 0 Å². The van der Waals surface area contributed by atoms with Crippen molar-refractivity contribution in [1.82, 2.24) is 0 Å². The third-order valence-electron chi connectivity index (χ3n) is 4.87. The second kappa shape index (κ2) is 32.5. The topological polar surface area (TPSA) is 40.5 Å². The Morgan fingerprint density at radius 2 is 0.833 bits per heavy atom. The van der Waals surface area contributed by atoms with Gasteiger partial charge in [-0.3, -0.25) is 0 Å². The van der Waals surface area contributed by atoms with E-state index in [9.17, 15) is 0 Å². The smallest absolute Gasteiger partial charge is 0.0431 e. The number of rotatable bonds is 20. The Hall–Kier alpha value is -1.12. The van der Waals surface area contributed by atoms with Gasteiger partial charge >= 0.3 is 0 Å². The molecule has 0 amide bonds. The lowest BCUT2D eigenvalue weighted by Gasteiger charge is -2.00. The first-order chi connectivity index (χ1) is 14.8. The molecule has 0 fully saturated rings. The molecule has 2 N–H and O–H groups in total. The number of allylic oxidation sites excluding steroid dienone is 8. The Morgan fingerprint density at radius 3 is 1.23 bits per heavy atom. The number of hydrogen-bond donors (Lipinski definition) is 2.